The van der Waals surface area contributed by atoms with Gasteiger partial charge in [-0.05, 0) is 61.8 Å². The molecule has 7 nitrogen and oxygen atoms in total. The van der Waals surface area contributed by atoms with Crippen molar-refractivity contribution in [3.63, 3.8) is 0 Å². The van der Waals surface area contributed by atoms with Gasteiger partial charge in [0.25, 0.3) is 0 Å². The molecule has 1 heterocycles. The first-order valence-electron chi connectivity index (χ1n) is 14.7. The van der Waals surface area contributed by atoms with Gasteiger partial charge in [0.05, 0.1) is 24.5 Å². The number of nitrogens with zero attached hydrogens (tertiary/aromatic N) is 2. The summed E-state index contributed by atoms with van der Waals surface area (Å²) in [7, 11) is 0. The number of ether oxygens (including phenoxy) is 1. The van der Waals surface area contributed by atoms with E-state index in [2.05, 4.69) is 13.2 Å². The van der Waals surface area contributed by atoms with E-state index in [-0.39, 0.29) is 55.8 Å². The van der Waals surface area contributed by atoms with Crippen molar-refractivity contribution >= 4 is 17.8 Å². The number of aliphatic hydroxyl groups is 1. The number of carbonyl (C=O) groups is 3. The number of allylic oxidation sites excluding steroid dienone is 2. The van der Waals surface area contributed by atoms with E-state index in [9.17, 15) is 23.9 Å². The zero-order chi connectivity index (χ0) is 30.3. The Morgan fingerprint density at radius 1 is 1.05 bits per heavy atom. The van der Waals surface area contributed by atoms with Crippen molar-refractivity contribution in [2.75, 3.05) is 26.3 Å². The lowest BCUT2D eigenvalue weighted by molar-refractivity contribution is -0.153. The number of halogens is 1. The Morgan fingerprint density at radius 2 is 1.79 bits per heavy atom. The molecule has 0 aliphatic carbocycles. The van der Waals surface area contributed by atoms with Gasteiger partial charge in [-0.3, -0.25) is 14.4 Å². The third-order valence-electron chi connectivity index (χ3n) is 7.69. The van der Waals surface area contributed by atoms with Crippen molar-refractivity contribution in [3.8, 4) is 0 Å². The number of carbonyl (C=O) groups excluding carboxylic acids is 3. The molecule has 226 valence electrons. The molecule has 1 aliphatic heterocycles. The van der Waals surface area contributed by atoms with Gasteiger partial charge in [-0.15, -0.1) is 13.2 Å². The summed E-state index contributed by atoms with van der Waals surface area (Å²) in [4.78, 5) is 43.4. The van der Waals surface area contributed by atoms with Crippen LogP contribution in [-0.4, -0.2) is 65.0 Å². The lowest BCUT2D eigenvalue weighted by Crippen LogP contribution is -2.44. The Hall–Kier alpha value is -3.78. The smallest absolute Gasteiger partial charge is 0.309 e. The molecule has 42 heavy (non-hydrogen) atoms. The van der Waals surface area contributed by atoms with Crippen LogP contribution in [0.1, 0.15) is 49.7 Å². The van der Waals surface area contributed by atoms with E-state index in [1.54, 1.807) is 34.1 Å². The van der Waals surface area contributed by atoms with Crippen LogP contribution in [0.15, 0.2) is 79.9 Å². The summed E-state index contributed by atoms with van der Waals surface area (Å²) >= 11 is 0. The fourth-order valence-electron chi connectivity index (χ4n) is 5.39. The third kappa shape index (κ3) is 9.94. The zero-order valence-corrected chi connectivity index (χ0v) is 24.3. The maximum Gasteiger partial charge on any atom is 0.309 e. The standard InChI is InChI=1S/C34H43FN2O5/c1-3-5-13-29(22-26-15-17-30(35)18-16-26)34(41)42-25-31-14-9-19-37(31)33(40)28(10-4-2)23-32(39)36(20-21-38)24-27-11-7-6-8-12-27/h3-4,6-8,11-12,15-18,28-29,31,38H,1-2,5,9-10,13-14,19-25H2/t28-,29-,31-/m0/s1. The van der Waals surface area contributed by atoms with Crippen LogP contribution in [0.25, 0.3) is 0 Å². The Kier molecular flexibility index (Phi) is 13.4. The Morgan fingerprint density at radius 3 is 2.45 bits per heavy atom. The average Bonchev–Trinajstić information content (AvgIpc) is 3.47. The number of rotatable bonds is 17. The number of esters is 1. The molecule has 2 aromatic rings. The molecule has 1 fully saturated rings. The first-order chi connectivity index (χ1) is 20.4. The van der Waals surface area contributed by atoms with Crippen LogP contribution in [-0.2, 0) is 32.1 Å². The van der Waals surface area contributed by atoms with Crippen LogP contribution in [0, 0.1) is 17.7 Å². The van der Waals surface area contributed by atoms with Gasteiger partial charge < -0.3 is 19.6 Å². The Labute approximate surface area is 248 Å². The molecule has 1 saturated heterocycles. The van der Waals surface area contributed by atoms with Crippen LogP contribution < -0.4 is 0 Å². The lowest BCUT2D eigenvalue weighted by atomic mass is 9.94. The van der Waals surface area contributed by atoms with Crippen LogP contribution in [0.5, 0.6) is 0 Å². The van der Waals surface area contributed by atoms with E-state index in [0.717, 1.165) is 17.5 Å². The molecule has 0 saturated carbocycles. The molecular weight excluding hydrogens is 535 g/mol. The molecule has 1 aliphatic rings. The average molecular weight is 579 g/mol. The van der Waals surface area contributed by atoms with E-state index in [1.807, 2.05) is 30.3 Å². The summed E-state index contributed by atoms with van der Waals surface area (Å²) < 4.78 is 19.1. The lowest BCUT2D eigenvalue weighted by Gasteiger charge is -2.30. The number of hydrogen-bond donors (Lipinski definition) is 1. The molecule has 3 rings (SSSR count). The minimum absolute atomic E-state index is 0.00198. The van der Waals surface area contributed by atoms with Crippen molar-refractivity contribution in [1.29, 1.82) is 0 Å². The van der Waals surface area contributed by atoms with Crippen LogP contribution in [0.2, 0.25) is 0 Å². The van der Waals surface area contributed by atoms with Gasteiger partial charge in [0.1, 0.15) is 12.4 Å². The van der Waals surface area contributed by atoms with Gasteiger partial charge in [0.15, 0.2) is 0 Å². The summed E-state index contributed by atoms with van der Waals surface area (Å²) in [5, 5.41) is 9.56. The van der Waals surface area contributed by atoms with E-state index < -0.39 is 11.8 Å². The van der Waals surface area contributed by atoms with Crippen LogP contribution in [0.4, 0.5) is 4.39 Å². The van der Waals surface area contributed by atoms with E-state index in [0.29, 0.717) is 45.2 Å². The van der Waals surface area contributed by atoms with Gasteiger partial charge in [0.2, 0.25) is 11.8 Å². The molecule has 8 heteroatoms. The fourth-order valence-corrected chi connectivity index (χ4v) is 5.39. The summed E-state index contributed by atoms with van der Waals surface area (Å²) in [6.45, 7) is 8.51. The SMILES string of the molecule is C=CCC[C@@H](Cc1ccc(F)cc1)C(=O)OC[C@@H]1CCCN1C(=O)[C@@H](CC=C)CC(=O)N(CCO)Cc1ccccc1. The minimum atomic E-state index is -0.595. The second kappa shape index (κ2) is 17.2. The van der Waals surface area contributed by atoms with Crippen LogP contribution in [0.3, 0.4) is 0 Å². The van der Waals surface area contributed by atoms with Gasteiger partial charge in [0, 0.05) is 26.1 Å². The van der Waals surface area contributed by atoms with Gasteiger partial charge in [-0.2, -0.15) is 0 Å². The van der Waals surface area contributed by atoms with Gasteiger partial charge >= 0.3 is 5.97 Å². The maximum atomic E-state index is 13.7. The number of likely N-dealkylation sites (tertiary alicyclic amines) is 1. The van der Waals surface area contributed by atoms with Crippen molar-refractivity contribution in [2.45, 2.75) is 57.5 Å². The molecular formula is C34H43FN2O5. The van der Waals surface area contributed by atoms with Crippen molar-refractivity contribution in [3.05, 3.63) is 96.9 Å². The van der Waals surface area contributed by atoms with Crippen molar-refractivity contribution in [1.82, 2.24) is 9.80 Å². The zero-order valence-electron chi connectivity index (χ0n) is 24.3. The van der Waals surface area contributed by atoms with Crippen LogP contribution >= 0.6 is 0 Å². The Balaban J connectivity index is 1.62. The third-order valence-corrected chi connectivity index (χ3v) is 7.69. The van der Waals surface area contributed by atoms with E-state index in [4.69, 9.17) is 4.74 Å². The molecule has 0 unspecified atom stereocenters. The molecule has 0 radical (unpaired) electrons. The minimum Gasteiger partial charge on any atom is -0.463 e. The van der Waals surface area contributed by atoms with E-state index in [1.165, 1.54) is 12.1 Å². The maximum absolute atomic E-state index is 13.7. The second-order valence-electron chi connectivity index (χ2n) is 10.8. The largest absolute Gasteiger partial charge is 0.463 e. The fraction of sp³-hybridized carbons (Fsp3) is 0.441. The molecule has 2 amide bonds. The van der Waals surface area contributed by atoms with Crippen molar-refractivity contribution < 1.29 is 28.6 Å². The summed E-state index contributed by atoms with van der Waals surface area (Å²) in [5.74, 6) is -2.04. The molecule has 0 bridgehead atoms. The molecule has 1 N–H and O–H groups in total. The predicted molar refractivity (Wildman–Crippen MR) is 161 cm³/mol. The monoisotopic (exact) mass is 578 g/mol. The Bertz CT molecular complexity index is 1170. The van der Waals surface area contributed by atoms with Gasteiger partial charge in [-0.25, -0.2) is 4.39 Å². The second-order valence-corrected chi connectivity index (χ2v) is 10.8. The molecule has 0 spiro atoms. The summed E-state index contributed by atoms with van der Waals surface area (Å²) in [6, 6.07) is 15.4. The normalized spacial score (nSPS) is 16.0. The van der Waals surface area contributed by atoms with Gasteiger partial charge in [-0.1, -0.05) is 54.6 Å². The highest BCUT2D eigenvalue weighted by atomic mass is 19.1. The predicted octanol–water partition coefficient (Wildman–Crippen LogP) is 5.09. The van der Waals surface area contributed by atoms with E-state index >= 15 is 0 Å². The highest BCUT2D eigenvalue weighted by Crippen LogP contribution is 2.25. The molecule has 3 atom stereocenters. The number of aliphatic hydroxyl groups excluding tert-OH is 1. The van der Waals surface area contributed by atoms with Crippen molar-refractivity contribution in [2.24, 2.45) is 11.8 Å². The highest BCUT2D eigenvalue weighted by Gasteiger charge is 2.35. The summed E-state index contributed by atoms with van der Waals surface area (Å²) in [6.07, 6.45) is 6.86. The first kappa shape index (κ1) is 32.7. The highest BCUT2D eigenvalue weighted by molar-refractivity contribution is 5.86. The number of benzene rings is 2. The summed E-state index contributed by atoms with van der Waals surface area (Å²) in [5.41, 5.74) is 1.79. The topological polar surface area (TPSA) is 87.2 Å². The molecule has 2 aromatic carbocycles. The first-order valence-corrected chi connectivity index (χ1v) is 14.7. The quantitative estimate of drug-likeness (QED) is 0.209. The number of hydrogen-bond acceptors (Lipinski definition) is 5. The number of amides is 2. The molecule has 0 aromatic heterocycles.